The molecule has 4 N–H and O–H groups in total. The predicted octanol–water partition coefficient (Wildman–Crippen LogP) is 3.67. The molecule has 12 heteroatoms. The highest BCUT2D eigenvalue weighted by Crippen LogP contribution is 2.30. The highest BCUT2D eigenvalue weighted by atomic mass is 19.3. The Morgan fingerprint density at radius 1 is 1.17 bits per heavy atom. The Bertz CT molecular complexity index is 1300. The number of halogens is 2. The molecule has 1 saturated carbocycles. The SMILES string of the molecule is CNc1nc(N)nn2ccc(-c3ccc4nc(C)n(CC(F)F)c4n3)c12.OCCOC1CCCCC1. The molecule has 4 heterocycles. The van der Waals surface area contributed by atoms with Gasteiger partial charge in [-0.25, -0.2) is 23.3 Å². The van der Waals surface area contributed by atoms with Gasteiger partial charge < -0.3 is 25.5 Å². The summed E-state index contributed by atoms with van der Waals surface area (Å²) in [5.41, 5.74) is 8.78. The summed E-state index contributed by atoms with van der Waals surface area (Å²) < 4.78 is 34.2. The second-order valence-corrected chi connectivity index (χ2v) is 8.65. The third-order valence-electron chi connectivity index (χ3n) is 6.14. The molecule has 0 unspecified atom stereocenters. The van der Waals surface area contributed by atoms with Crippen LogP contribution in [-0.4, -0.2) is 67.0 Å². The largest absolute Gasteiger partial charge is 0.394 e. The molecule has 0 aromatic carbocycles. The number of aliphatic hydroxyl groups is 1. The number of fused-ring (bicyclic) bond motifs is 2. The molecule has 0 atom stereocenters. The molecule has 1 fully saturated rings. The molecule has 10 nitrogen and oxygen atoms in total. The Balaban J connectivity index is 0.000000256. The van der Waals surface area contributed by atoms with Gasteiger partial charge in [0.25, 0.3) is 6.43 Å². The van der Waals surface area contributed by atoms with Crippen molar-refractivity contribution in [2.24, 2.45) is 0 Å². The average molecular weight is 503 g/mol. The van der Waals surface area contributed by atoms with Crippen LogP contribution < -0.4 is 11.1 Å². The molecule has 1 aliphatic carbocycles. The Hall–Kier alpha value is -3.38. The third-order valence-corrected chi connectivity index (χ3v) is 6.14. The van der Waals surface area contributed by atoms with Crippen molar-refractivity contribution in [1.29, 1.82) is 0 Å². The Morgan fingerprint density at radius 2 is 1.94 bits per heavy atom. The molecule has 5 rings (SSSR count). The molecule has 4 aromatic heterocycles. The van der Waals surface area contributed by atoms with Crippen LogP contribution in [0.5, 0.6) is 0 Å². The number of alkyl halides is 2. The zero-order valence-corrected chi connectivity index (χ0v) is 20.5. The minimum atomic E-state index is -2.49. The van der Waals surface area contributed by atoms with Crippen LogP contribution in [0, 0.1) is 6.92 Å². The third kappa shape index (κ3) is 5.71. The van der Waals surface area contributed by atoms with Gasteiger partial charge in [0.1, 0.15) is 16.9 Å². The Labute approximate surface area is 207 Å². The van der Waals surface area contributed by atoms with Crippen LogP contribution >= 0.6 is 0 Å². The number of aromatic nitrogens is 6. The highest BCUT2D eigenvalue weighted by molar-refractivity contribution is 5.89. The first-order valence-electron chi connectivity index (χ1n) is 12.1. The summed E-state index contributed by atoms with van der Waals surface area (Å²) in [7, 11) is 1.73. The lowest BCUT2D eigenvalue weighted by atomic mass is 9.98. The van der Waals surface area contributed by atoms with E-state index < -0.39 is 13.0 Å². The molecule has 0 aliphatic heterocycles. The number of anilines is 2. The Morgan fingerprint density at radius 3 is 2.64 bits per heavy atom. The summed E-state index contributed by atoms with van der Waals surface area (Å²) in [6.45, 7) is 1.92. The summed E-state index contributed by atoms with van der Waals surface area (Å²) in [4.78, 5) is 13.1. The number of hydrogen-bond donors (Lipinski definition) is 3. The predicted molar refractivity (Wildman–Crippen MR) is 134 cm³/mol. The van der Waals surface area contributed by atoms with E-state index in [0.717, 1.165) is 5.56 Å². The molecular formula is C24H32F2N8O2. The van der Waals surface area contributed by atoms with Crippen LogP contribution in [0.1, 0.15) is 37.9 Å². The topological polar surface area (TPSA) is 128 Å². The monoisotopic (exact) mass is 502 g/mol. The number of nitrogens with one attached hydrogen (secondary N) is 1. The number of nitrogen functional groups attached to an aromatic ring is 1. The van der Waals surface area contributed by atoms with Gasteiger partial charge in [-0.3, -0.25) is 0 Å². The standard InChI is InChI=1S/C16H16F2N8.C8H16O2/c1-8-21-11-4-3-10(22-15(11)25(8)7-12(17)18)9-5-6-26-13(9)14(20-2)23-16(19)24-26;9-6-7-10-8-4-2-1-3-5-8/h3-6,12H,7H2,1-2H3,(H3,19,20,23,24);8-9H,1-7H2. The fraction of sp³-hybridized carbons (Fsp3) is 0.500. The number of nitrogens with zero attached hydrogens (tertiary/aromatic N) is 6. The fourth-order valence-corrected chi connectivity index (χ4v) is 4.50. The second kappa shape index (κ2) is 11.6. The molecule has 0 saturated heterocycles. The van der Waals surface area contributed by atoms with Crippen molar-refractivity contribution in [2.75, 3.05) is 31.3 Å². The number of hydrogen-bond acceptors (Lipinski definition) is 8. The molecular weight excluding hydrogens is 470 g/mol. The maximum Gasteiger partial charge on any atom is 0.256 e. The number of rotatable bonds is 7. The minimum absolute atomic E-state index is 0.137. The Kier molecular flexibility index (Phi) is 8.26. The summed E-state index contributed by atoms with van der Waals surface area (Å²) >= 11 is 0. The lowest BCUT2D eigenvalue weighted by molar-refractivity contribution is 0.00882. The molecule has 0 bridgehead atoms. The zero-order chi connectivity index (χ0) is 25.7. The van der Waals surface area contributed by atoms with Crippen LogP contribution in [0.15, 0.2) is 24.4 Å². The summed E-state index contributed by atoms with van der Waals surface area (Å²) in [5.74, 6) is 1.19. The normalized spacial score (nSPS) is 14.4. The smallest absolute Gasteiger partial charge is 0.256 e. The van der Waals surface area contributed by atoms with Gasteiger partial charge in [-0.05, 0) is 38.0 Å². The van der Waals surface area contributed by atoms with Gasteiger partial charge in [0.15, 0.2) is 11.5 Å². The van der Waals surface area contributed by atoms with E-state index in [0.29, 0.717) is 46.7 Å². The number of nitrogens with two attached hydrogens (primary N) is 1. The molecule has 0 amide bonds. The minimum Gasteiger partial charge on any atom is -0.394 e. The van der Waals surface area contributed by atoms with Crippen molar-refractivity contribution in [1.82, 2.24) is 29.1 Å². The molecule has 36 heavy (non-hydrogen) atoms. The molecule has 4 aromatic rings. The van der Waals surface area contributed by atoms with Crippen molar-refractivity contribution in [3.8, 4) is 11.3 Å². The first-order valence-corrected chi connectivity index (χ1v) is 12.1. The van der Waals surface area contributed by atoms with Crippen LogP contribution in [0.3, 0.4) is 0 Å². The quantitative estimate of drug-likeness (QED) is 0.349. The molecule has 0 radical (unpaired) electrons. The van der Waals surface area contributed by atoms with E-state index in [2.05, 4.69) is 25.4 Å². The van der Waals surface area contributed by atoms with E-state index in [9.17, 15) is 8.78 Å². The van der Waals surface area contributed by atoms with E-state index >= 15 is 0 Å². The number of ether oxygens (including phenoxy) is 1. The molecule has 1 aliphatic rings. The fourth-order valence-electron chi connectivity index (χ4n) is 4.50. The van der Waals surface area contributed by atoms with E-state index in [4.69, 9.17) is 15.6 Å². The van der Waals surface area contributed by atoms with Gasteiger partial charge >= 0.3 is 0 Å². The summed E-state index contributed by atoms with van der Waals surface area (Å²) in [6.07, 6.45) is 6.06. The van der Waals surface area contributed by atoms with Gasteiger partial charge in [-0.2, -0.15) is 4.98 Å². The maximum absolute atomic E-state index is 12.9. The van der Waals surface area contributed by atoms with Crippen molar-refractivity contribution in [3.63, 3.8) is 0 Å². The lowest BCUT2D eigenvalue weighted by Crippen LogP contribution is -2.18. The lowest BCUT2D eigenvalue weighted by Gasteiger charge is -2.21. The van der Waals surface area contributed by atoms with Gasteiger partial charge in [-0.15, -0.1) is 5.10 Å². The van der Waals surface area contributed by atoms with Crippen LogP contribution in [-0.2, 0) is 11.3 Å². The first kappa shape index (κ1) is 25.7. The van der Waals surface area contributed by atoms with Crippen molar-refractivity contribution in [3.05, 3.63) is 30.2 Å². The van der Waals surface area contributed by atoms with Crippen molar-refractivity contribution >= 4 is 28.4 Å². The highest BCUT2D eigenvalue weighted by Gasteiger charge is 2.17. The van der Waals surface area contributed by atoms with Crippen LogP contribution in [0.4, 0.5) is 20.5 Å². The van der Waals surface area contributed by atoms with E-state index in [1.807, 2.05) is 6.07 Å². The van der Waals surface area contributed by atoms with Crippen molar-refractivity contribution in [2.45, 2.75) is 58.1 Å². The van der Waals surface area contributed by atoms with E-state index in [1.165, 1.54) is 36.7 Å². The zero-order valence-electron chi connectivity index (χ0n) is 20.5. The van der Waals surface area contributed by atoms with Crippen LogP contribution in [0.25, 0.3) is 27.9 Å². The van der Waals surface area contributed by atoms with Gasteiger partial charge in [0.05, 0.1) is 31.6 Å². The number of aliphatic hydroxyl groups excluding tert-OH is 1. The molecule has 194 valence electrons. The number of aryl methyl sites for hydroxylation is 1. The van der Waals surface area contributed by atoms with Crippen molar-refractivity contribution < 1.29 is 18.6 Å². The van der Waals surface area contributed by atoms with E-state index in [-0.39, 0.29) is 12.6 Å². The molecule has 0 spiro atoms. The summed E-state index contributed by atoms with van der Waals surface area (Å²) in [5, 5.41) is 15.6. The van der Waals surface area contributed by atoms with Gasteiger partial charge in [-0.1, -0.05) is 19.3 Å². The summed E-state index contributed by atoms with van der Waals surface area (Å²) in [6, 6.07) is 5.40. The van der Waals surface area contributed by atoms with Crippen LogP contribution in [0.2, 0.25) is 0 Å². The maximum atomic E-state index is 12.9. The first-order chi connectivity index (χ1) is 17.4. The number of imidazole rings is 1. The van der Waals surface area contributed by atoms with E-state index in [1.54, 1.807) is 36.8 Å². The van der Waals surface area contributed by atoms with Gasteiger partial charge in [0.2, 0.25) is 5.95 Å². The average Bonchev–Trinajstić information content (AvgIpc) is 3.43. The second-order valence-electron chi connectivity index (χ2n) is 8.65. The van der Waals surface area contributed by atoms with Gasteiger partial charge in [0, 0.05) is 18.8 Å². The number of pyridine rings is 1.